The zero-order valence-electron chi connectivity index (χ0n) is 10.7. The highest BCUT2D eigenvalue weighted by Crippen LogP contribution is 2.12. The second-order valence-corrected chi connectivity index (χ2v) is 4.94. The van der Waals surface area contributed by atoms with Gasteiger partial charge in [-0.1, -0.05) is 5.16 Å². The molecule has 1 fully saturated rings. The molecular weight excluding hydrogens is 216 g/mol. The van der Waals surface area contributed by atoms with Crippen molar-refractivity contribution >= 4 is 0 Å². The van der Waals surface area contributed by atoms with Crippen molar-refractivity contribution in [2.24, 2.45) is 0 Å². The van der Waals surface area contributed by atoms with Crippen LogP contribution in [0.1, 0.15) is 32.6 Å². The van der Waals surface area contributed by atoms with E-state index in [0.717, 1.165) is 18.9 Å². The molecule has 1 aliphatic heterocycles. The molecule has 1 N–H and O–H groups in total. The molecular formula is C12H22N4O. The molecule has 0 radical (unpaired) electrons. The predicted octanol–water partition coefficient (Wildman–Crippen LogP) is 1.07. The van der Waals surface area contributed by atoms with Gasteiger partial charge in [0.1, 0.15) is 0 Å². The molecule has 1 saturated heterocycles. The fraction of sp³-hybridized carbons (Fsp3) is 0.833. The maximum absolute atomic E-state index is 4.96. The van der Waals surface area contributed by atoms with E-state index in [1.165, 1.54) is 32.3 Å². The summed E-state index contributed by atoms with van der Waals surface area (Å²) in [5.74, 6) is 0.720. The molecule has 96 valence electrons. The van der Waals surface area contributed by atoms with Gasteiger partial charge >= 0.3 is 0 Å². The lowest BCUT2D eigenvalue weighted by molar-refractivity contribution is 0.161. The molecule has 0 amide bonds. The molecule has 0 aliphatic carbocycles. The van der Waals surface area contributed by atoms with E-state index in [0.29, 0.717) is 12.1 Å². The minimum absolute atomic E-state index is 0.646. The highest BCUT2D eigenvalue weighted by molar-refractivity contribution is 4.81. The van der Waals surface area contributed by atoms with E-state index in [-0.39, 0.29) is 0 Å². The third-order valence-corrected chi connectivity index (χ3v) is 3.44. The van der Waals surface area contributed by atoms with E-state index in [1.807, 2.05) is 0 Å². The Morgan fingerprint density at radius 3 is 2.82 bits per heavy atom. The van der Waals surface area contributed by atoms with Gasteiger partial charge in [0.2, 0.25) is 5.89 Å². The SMILES string of the molecule is CC(C)N1CCC(NCCc2ncno2)CC1. The first-order valence-electron chi connectivity index (χ1n) is 6.48. The van der Waals surface area contributed by atoms with Crippen LogP contribution in [0.3, 0.4) is 0 Å². The number of hydrogen-bond donors (Lipinski definition) is 1. The number of nitrogens with one attached hydrogen (secondary N) is 1. The van der Waals surface area contributed by atoms with Crippen LogP contribution >= 0.6 is 0 Å². The number of rotatable bonds is 5. The Labute approximate surface area is 103 Å². The molecule has 5 nitrogen and oxygen atoms in total. The summed E-state index contributed by atoms with van der Waals surface area (Å²) >= 11 is 0. The van der Waals surface area contributed by atoms with Crippen LogP contribution in [-0.2, 0) is 6.42 Å². The summed E-state index contributed by atoms with van der Waals surface area (Å²) < 4.78 is 4.96. The molecule has 0 unspecified atom stereocenters. The molecule has 1 aromatic heterocycles. The lowest BCUT2D eigenvalue weighted by atomic mass is 10.0. The Balaban J connectivity index is 1.62. The molecule has 0 atom stereocenters. The van der Waals surface area contributed by atoms with Crippen molar-refractivity contribution in [3.05, 3.63) is 12.2 Å². The van der Waals surface area contributed by atoms with Crippen molar-refractivity contribution < 1.29 is 4.52 Å². The van der Waals surface area contributed by atoms with Gasteiger partial charge in [-0.15, -0.1) is 0 Å². The first-order chi connectivity index (χ1) is 8.25. The number of nitrogens with zero attached hydrogens (tertiary/aromatic N) is 3. The second-order valence-electron chi connectivity index (χ2n) is 4.94. The van der Waals surface area contributed by atoms with Crippen LogP contribution in [0.5, 0.6) is 0 Å². The van der Waals surface area contributed by atoms with Gasteiger partial charge in [-0.3, -0.25) is 0 Å². The van der Waals surface area contributed by atoms with Gasteiger partial charge in [0.05, 0.1) is 0 Å². The van der Waals surface area contributed by atoms with Gasteiger partial charge in [0.25, 0.3) is 0 Å². The Morgan fingerprint density at radius 1 is 1.47 bits per heavy atom. The average Bonchev–Trinajstić information content (AvgIpc) is 2.83. The molecule has 5 heteroatoms. The lowest BCUT2D eigenvalue weighted by Crippen LogP contribution is -2.45. The third kappa shape index (κ3) is 3.78. The van der Waals surface area contributed by atoms with Crippen molar-refractivity contribution in [3.8, 4) is 0 Å². The van der Waals surface area contributed by atoms with Crippen LogP contribution in [0.25, 0.3) is 0 Å². The van der Waals surface area contributed by atoms with Crippen molar-refractivity contribution in [1.29, 1.82) is 0 Å². The van der Waals surface area contributed by atoms with E-state index in [2.05, 4.69) is 34.2 Å². The van der Waals surface area contributed by atoms with Gasteiger partial charge in [0, 0.05) is 25.0 Å². The summed E-state index contributed by atoms with van der Waals surface area (Å²) in [6.45, 7) is 7.87. The zero-order valence-corrected chi connectivity index (χ0v) is 10.7. The fourth-order valence-corrected chi connectivity index (χ4v) is 2.31. The quantitative estimate of drug-likeness (QED) is 0.831. The minimum atomic E-state index is 0.646. The molecule has 0 spiro atoms. The summed E-state index contributed by atoms with van der Waals surface area (Å²) in [5, 5.41) is 7.16. The van der Waals surface area contributed by atoms with Crippen LogP contribution in [0.2, 0.25) is 0 Å². The monoisotopic (exact) mass is 238 g/mol. The Morgan fingerprint density at radius 2 is 2.24 bits per heavy atom. The fourth-order valence-electron chi connectivity index (χ4n) is 2.31. The van der Waals surface area contributed by atoms with Crippen molar-refractivity contribution in [2.45, 2.75) is 45.2 Å². The minimum Gasteiger partial charge on any atom is -0.340 e. The summed E-state index contributed by atoms with van der Waals surface area (Å²) in [5.41, 5.74) is 0. The van der Waals surface area contributed by atoms with Crippen molar-refractivity contribution in [2.75, 3.05) is 19.6 Å². The molecule has 1 aliphatic rings. The van der Waals surface area contributed by atoms with Crippen LogP contribution < -0.4 is 5.32 Å². The summed E-state index contributed by atoms with van der Waals surface area (Å²) in [7, 11) is 0. The van der Waals surface area contributed by atoms with E-state index in [1.54, 1.807) is 0 Å². The smallest absolute Gasteiger partial charge is 0.227 e. The van der Waals surface area contributed by atoms with Gasteiger partial charge in [-0.2, -0.15) is 4.98 Å². The number of hydrogen-bond acceptors (Lipinski definition) is 5. The maximum Gasteiger partial charge on any atom is 0.227 e. The lowest BCUT2D eigenvalue weighted by Gasteiger charge is -2.34. The summed E-state index contributed by atoms with van der Waals surface area (Å²) in [4.78, 5) is 6.55. The molecule has 0 bridgehead atoms. The van der Waals surface area contributed by atoms with Crippen LogP contribution in [0.15, 0.2) is 10.9 Å². The molecule has 1 aromatic rings. The molecule has 0 aromatic carbocycles. The Hall–Kier alpha value is -0.940. The largest absolute Gasteiger partial charge is 0.340 e. The number of piperidine rings is 1. The zero-order chi connectivity index (χ0) is 12.1. The van der Waals surface area contributed by atoms with E-state index < -0.39 is 0 Å². The average molecular weight is 238 g/mol. The molecule has 17 heavy (non-hydrogen) atoms. The number of likely N-dealkylation sites (tertiary alicyclic amines) is 1. The Kier molecular flexibility index (Phi) is 4.50. The van der Waals surface area contributed by atoms with E-state index in [4.69, 9.17) is 4.52 Å². The predicted molar refractivity (Wildman–Crippen MR) is 65.7 cm³/mol. The van der Waals surface area contributed by atoms with E-state index >= 15 is 0 Å². The topological polar surface area (TPSA) is 54.2 Å². The second kappa shape index (κ2) is 6.12. The van der Waals surface area contributed by atoms with Crippen molar-refractivity contribution in [1.82, 2.24) is 20.4 Å². The van der Waals surface area contributed by atoms with Gasteiger partial charge in [0.15, 0.2) is 6.33 Å². The molecule has 2 rings (SSSR count). The Bertz CT molecular complexity index is 304. The van der Waals surface area contributed by atoms with Gasteiger partial charge in [-0.25, -0.2) is 0 Å². The maximum atomic E-state index is 4.96. The van der Waals surface area contributed by atoms with Crippen LogP contribution in [0, 0.1) is 0 Å². The first-order valence-corrected chi connectivity index (χ1v) is 6.48. The van der Waals surface area contributed by atoms with Gasteiger partial charge in [-0.05, 0) is 39.8 Å². The molecule has 0 saturated carbocycles. The first kappa shape index (κ1) is 12.5. The van der Waals surface area contributed by atoms with Gasteiger partial charge < -0.3 is 14.7 Å². The normalized spacial score (nSPS) is 19.0. The highest BCUT2D eigenvalue weighted by Gasteiger charge is 2.20. The third-order valence-electron chi connectivity index (χ3n) is 3.44. The van der Waals surface area contributed by atoms with Crippen LogP contribution in [-0.4, -0.2) is 46.8 Å². The van der Waals surface area contributed by atoms with Crippen LogP contribution in [0.4, 0.5) is 0 Å². The highest BCUT2D eigenvalue weighted by atomic mass is 16.5. The molecule has 2 heterocycles. The standard InChI is InChI=1S/C12H22N4O/c1-10(2)16-7-4-11(5-8-16)13-6-3-12-14-9-15-17-12/h9-11,13H,3-8H2,1-2H3. The van der Waals surface area contributed by atoms with Crippen molar-refractivity contribution in [3.63, 3.8) is 0 Å². The number of aromatic nitrogens is 2. The van der Waals surface area contributed by atoms with E-state index in [9.17, 15) is 0 Å². The summed E-state index contributed by atoms with van der Waals surface area (Å²) in [6, 6.07) is 1.32. The summed E-state index contributed by atoms with van der Waals surface area (Å²) in [6.07, 6.45) is 4.75.